The summed E-state index contributed by atoms with van der Waals surface area (Å²) in [7, 11) is 0. The fourth-order valence-electron chi connectivity index (χ4n) is 3.25. The van der Waals surface area contributed by atoms with Gasteiger partial charge in [-0.05, 0) is 44.2 Å². The number of carbonyl (C=O) groups excluding carboxylic acids is 1. The molecular weight excluding hydrogens is 294 g/mol. The smallest absolute Gasteiger partial charge is 0.250 e. The lowest BCUT2D eigenvalue weighted by Crippen LogP contribution is -2.58. The highest BCUT2D eigenvalue weighted by atomic mass is 32.2. The first kappa shape index (κ1) is 15.7. The molecule has 1 atom stereocenters. The Morgan fingerprint density at radius 3 is 2.64 bits per heavy atom. The molecule has 0 bridgehead atoms. The first-order chi connectivity index (χ1) is 10.6. The number of fused-ring (bicyclic) bond motifs is 1. The number of hydrogen-bond donors (Lipinski definition) is 2. The molecule has 5 heteroatoms. The highest BCUT2D eigenvalue weighted by Crippen LogP contribution is 2.36. The second kappa shape index (κ2) is 6.50. The van der Waals surface area contributed by atoms with E-state index in [1.54, 1.807) is 0 Å². The van der Waals surface area contributed by atoms with Crippen LogP contribution in [0.15, 0.2) is 24.3 Å². The average Bonchev–Trinajstić information content (AvgIpc) is 2.55. The molecule has 2 aliphatic rings. The van der Waals surface area contributed by atoms with Crippen LogP contribution in [0.2, 0.25) is 0 Å². The lowest BCUT2D eigenvalue weighted by atomic mass is 9.84. The van der Waals surface area contributed by atoms with Gasteiger partial charge in [0.2, 0.25) is 5.91 Å². The summed E-state index contributed by atoms with van der Waals surface area (Å²) in [6.07, 6.45) is 5.14. The van der Waals surface area contributed by atoms with Crippen LogP contribution in [0, 0.1) is 0 Å². The second-order valence-corrected chi connectivity index (χ2v) is 7.66. The predicted molar refractivity (Wildman–Crippen MR) is 94.7 cm³/mol. The molecule has 0 unspecified atom stereocenters. The van der Waals surface area contributed by atoms with Gasteiger partial charge in [0.05, 0.1) is 11.4 Å². The van der Waals surface area contributed by atoms with Gasteiger partial charge in [-0.3, -0.25) is 4.79 Å². The highest BCUT2D eigenvalue weighted by Gasteiger charge is 2.44. The van der Waals surface area contributed by atoms with Crippen LogP contribution < -0.4 is 10.6 Å². The summed E-state index contributed by atoms with van der Waals surface area (Å²) in [5.74, 6) is 0.128. The van der Waals surface area contributed by atoms with Crippen molar-refractivity contribution in [3.8, 4) is 0 Å². The molecule has 1 saturated heterocycles. The molecule has 4 nitrogen and oxygen atoms in total. The monoisotopic (exact) mass is 319 g/mol. The molecular formula is C17H25N3OS. The Labute approximate surface area is 137 Å². The van der Waals surface area contributed by atoms with Crippen LogP contribution in [0.25, 0.3) is 0 Å². The van der Waals surface area contributed by atoms with Gasteiger partial charge in [-0.2, -0.15) is 11.8 Å². The molecule has 1 fully saturated rings. The van der Waals surface area contributed by atoms with Crippen molar-refractivity contribution in [2.24, 2.45) is 0 Å². The molecule has 1 spiro atoms. The largest absolute Gasteiger partial charge is 0.369 e. The summed E-state index contributed by atoms with van der Waals surface area (Å²) < 4.78 is 0. The molecule has 0 aliphatic carbocycles. The van der Waals surface area contributed by atoms with Crippen LogP contribution in [0.5, 0.6) is 0 Å². The minimum absolute atomic E-state index is 0.128. The summed E-state index contributed by atoms with van der Waals surface area (Å²) in [6, 6.07) is 7.96. The summed E-state index contributed by atoms with van der Waals surface area (Å²) in [6.45, 7) is 5.40. The van der Waals surface area contributed by atoms with Crippen molar-refractivity contribution in [2.75, 3.05) is 36.5 Å². The van der Waals surface area contributed by atoms with Gasteiger partial charge in [0.15, 0.2) is 0 Å². The molecule has 1 aromatic rings. The van der Waals surface area contributed by atoms with Crippen LogP contribution >= 0.6 is 11.8 Å². The summed E-state index contributed by atoms with van der Waals surface area (Å²) in [5.41, 5.74) is 1.52. The quantitative estimate of drug-likeness (QED) is 0.895. The van der Waals surface area contributed by atoms with E-state index < -0.39 is 5.54 Å². The topological polar surface area (TPSA) is 44.4 Å². The molecule has 1 aromatic carbocycles. The number of benzene rings is 1. The van der Waals surface area contributed by atoms with Gasteiger partial charge in [0.25, 0.3) is 0 Å². The average molecular weight is 319 g/mol. The van der Waals surface area contributed by atoms with E-state index in [4.69, 9.17) is 0 Å². The van der Waals surface area contributed by atoms with Crippen LogP contribution in [-0.2, 0) is 4.79 Å². The Bertz CT molecular complexity index is 540. The fourth-order valence-corrected chi connectivity index (χ4v) is 3.59. The Hall–Kier alpha value is -1.20. The zero-order valence-corrected chi connectivity index (χ0v) is 14.2. The molecule has 1 amide bonds. The number of rotatable bonds is 4. The number of thioether (sulfide) groups is 1. The number of nitrogens with zero attached hydrogens (tertiary/aromatic N) is 1. The van der Waals surface area contributed by atoms with Gasteiger partial charge < -0.3 is 15.5 Å². The predicted octanol–water partition coefficient (Wildman–Crippen LogP) is 3.03. The Morgan fingerprint density at radius 2 is 1.95 bits per heavy atom. The third-order valence-electron chi connectivity index (χ3n) is 4.95. The number of likely N-dealkylation sites (tertiary alicyclic amines) is 1. The minimum atomic E-state index is -0.421. The van der Waals surface area contributed by atoms with Crippen molar-refractivity contribution in [1.29, 1.82) is 0 Å². The summed E-state index contributed by atoms with van der Waals surface area (Å²) in [5, 5.41) is 7.29. The van der Waals surface area contributed by atoms with Crippen molar-refractivity contribution in [3.05, 3.63) is 24.3 Å². The minimum Gasteiger partial charge on any atom is -0.369 e. The number of hydrogen-bond acceptors (Lipinski definition) is 4. The maximum Gasteiger partial charge on any atom is 0.250 e. The van der Waals surface area contributed by atoms with E-state index in [1.165, 1.54) is 6.42 Å². The van der Waals surface area contributed by atoms with Crippen LogP contribution in [-0.4, -0.2) is 47.5 Å². The Kier molecular flexibility index (Phi) is 4.64. The number of carbonyl (C=O) groups is 1. The lowest BCUT2D eigenvalue weighted by Gasteiger charge is -2.44. The standard InChI is InChI=1S/C17H25N3OS/c1-13(22-2)7-10-20-11-8-17(9-12-20)16(21)18-14-5-3-4-6-15(14)19-17/h3-6,13,19H,7-12H2,1-2H3,(H,18,21)/t13-/m1/s1. The van der Waals surface area contributed by atoms with Gasteiger partial charge in [-0.15, -0.1) is 0 Å². The van der Waals surface area contributed by atoms with Crippen LogP contribution in [0.1, 0.15) is 26.2 Å². The first-order valence-electron chi connectivity index (χ1n) is 8.07. The zero-order valence-electron chi connectivity index (χ0n) is 13.4. The lowest BCUT2D eigenvalue weighted by molar-refractivity contribution is -0.122. The number of nitrogens with one attached hydrogen (secondary N) is 2. The fraction of sp³-hybridized carbons (Fsp3) is 0.588. The van der Waals surface area contributed by atoms with E-state index in [-0.39, 0.29) is 5.91 Å². The van der Waals surface area contributed by atoms with Crippen molar-refractivity contribution in [1.82, 2.24) is 4.90 Å². The third kappa shape index (κ3) is 3.10. The third-order valence-corrected chi connectivity index (χ3v) is 5.99. The van der Waals surface area contributed by atoms with Crippen molar-refractivity contribution < 1.29 is 4.79 Å². The zero-order chi connectivity index (χ0) is 15.6. The van der Waals surface area contributed by atoms with E-state index in [0.29, 0.717) is 5.25 Å². The number of para-hydroxylation sites is 2. The van der Waals surface area contributed by atoms with Gasteiger partial charge in [0, 0.05) is 18.3 Å². The highest BCUT2D eigenvalue weighted by molar-refractivity contribution is 7.99. The SMILES string of the molecule is CS[C@H](C)CCN1CCC2(CC1)Nc1ccccc1NC2=O. The van der Waals surface area contributed by atoms with Crippen LogP contribution in [0.4, 0.5) is 11.4 Å². The summed E-state index contributed by atoms with van der Waals surface area (Å²) in [4.78, 5) is 15.1. The van der Waals surface area contributed by atoms with Crippen molar-refractivity contribution in [2.45, 2.75) is 37.0 Å². The Morgan fingerprint density at radius 1 is 1.27 bits per heavy atom. The maximum absolute atomic E-state index is 12.6. The van der Waals surface area contributed by atoms with Gasteiger partial charge >= 0.3 is 0 Å². The van der Waals surface area contributed by atoms with Crippen molar-refractivity contribution in [3.63, 3.8) is 0 Å². The number of amides is 1. The molecule has 2 N–H and O–H groups in total. The molecule has 22 heavy (non-hydrogen) atoms. The van der Waals surface area contributed by atoms with Gasteiger partial charge in [0.1, 0.15) is 5.54 Å². The van der Waals surface area contributed by atoms with Crippen molar-refractivity contribution >= 4 is 29.0 Å². The molecule has 3 rings (SSSR count). The van der Waals surface area contributed by atoms with E-state index in [2.05, 4.69) is 28.7 Å². The Balaban J connectivity index is 1.62. The molecule has 0 aromatic heterocycles. The van der Waals surface area contributed by atoms with E-state index in [1.807, 2.05) is 36.0 Å². The maximum atomic E-state index is 12.6. The van der Waals surface area contributed by atoms with Gasteiger partial charge in [-0.25, -0.2) is 0 Å². The van der Waals surface area contributed by atoms with Crippen LogP contribution in [0.3, 0.4) is 0 Å². The van der Waals surface area contributed by atoms with E-state index >= 15 is 0 Å². The van der Waals surface area contributed by atoms with E-state index in [9.17, 15) is 4.79 Å². The molecule has 0 radical (unpaired) electrons. The molecule has 2 aliphatic heterocycles. The molecule has 2 heterocycles. The van der Waals surface area contributed by atoms with E-state index in [0.717, 1.165) is 43.9 Å². The first-order valence-corrected chi connectivity index (χ1v) is 9.35. The molecule has 120 valence electrons. The second-order valence-electron chi connectivity index (χ2n) is 6.38. The number of piperidine rings is 1. The van der Waals surface area contributed by atoms with Gasteiger partial charge in [-0.1, -0.05) is 19.1 Å². The molecule has 0 saturated carbocycles. The summed E-state index contributed by atoms with van der Waals surface area (Å²) >= 11 is 1.92. The number of anilines is 2. The normalized spacial score (nSPS) is 21.8.